The number of carbonyl (C=O) groups excluding carboxylic acids is 1. The number of nitrogens with one attached hydrogen (secondary N) is 1. The maximum atomic E-state index is 13.0. The first-order chi connectivity index (χ1) is 13.7. The van der Waals surface area contributed by atoms with E-state index in [-0.39, 0.29) is 16.4 Å². The lowest BCUT2D eigenvalue weighted by Gasteiger charge is -2.30. The van der Waals surface area contributed by atoms with Crippen LogP contribution < -0.4 is 9.46 Å². The van der Waals surface area contributed by atoms with Gasteiger partial charge >= 0.3 is 0 Å². The van der Waals surface area contributed by atoms with Gasteiger partial charge in [0.2, 0.25) is 0 Å². The summed E-state index contributed by atoms with van der Waals surface area (Å²) in [6.45, 7) is 3.46. The molecule has 0 radical (unpaired) electrons. The van der Waals surface area contributed by atoms with E-state index in [0.29, 0.717) is 39.9 Å². The van der Waals surface area contributed by atoms with Crippen LogP contribution in [0.25, 0.3) is 0 Å². The third-order valence-corrected chi connectivity index (χ3v) is 7.57. The van der Waals surface area contributed by atoms with Crippen LogP contribution in [-0.4, -0.2) is 39.4 Å². The second kappa shape index (κ2) is 8.93. The number of hydrogen-bond donors (Lipinski definition) is 1. The third-order valence-electron chi connectivity index (χ3n) is 4.95. The lowest BCUT2D eigenvalue weighted by Crippen LogP contribution is -2.38. The molecule has 0 unspecified atom stereocenters. The summed E-state index contributed by atoms with van der Waals surface area (Å²) in [5.41, 5.74) is 0.561. The average molecular weight is 502 g/mol. The second-order valence-corrected chi connectivity index (χ2v) is 10.0. The van der Waals surface area contributed by atoms with Crippen molar-refractivity contribution in [3.8, 4) is 5.75 Å². The summed E-state index contributed by atoms with van der Waals surface area (Å²) in [4.78, 5) is 14.7. The monoisotopic (exact) mass is 500 g/mol. The van der Waals surface area contributed by atoms with E-state index in [1.165, 1.54) is 31.4 Å². The Morgan fingerprint density at radius 3 is 2.52 bits per heavy atom. The van der Waals surface area contributed by atoms with Crippen molar-refractivity contribution in [1.29, 1.82) is 0 Å². The van der Waals surface area contributed by atoms with Crippen LogP contribution in [-0.2, 0) is 10.0 Å². The molecule has 0 aromatic heterocycles. The Bertz CT molecular complexity index is 1020. The molecule has 1 aliphatic heterocycles. The van der Waals surface area contributed by atoms with Crippen molar-refractivity contribution in [1.82, 2.24) is 4.90 Å². The molecule has 0 saturated carbocycles. The number of halogens is 2. The van der Waals surface area contributed by atoms with Crippen LogP contribution in [0.5, 0.6) is 5.75 Å². The zero-order valence-electron chi connectivity index (χ0n) is 16.1. The van der Waals surface area contributed by atoms with Gasteiger partial charge in [0.05, 0.1) is 28.3 Å². The summed E-state index contributed by atoms with van der Waals surface area (Å²) in [6, 6.07) is 9.04. The van der Waals surface area contributed by atoms with Gasteiger partial charge in [-0.15, -0.1) is 0 Å². The number of rotatable bonds is 5. The lowest BCUT2D eigenvalue weighted by molar-refractivity contribution is 0.0693. The van der Waals surface area contributed by atoms with Gasteiger partial charge in [0, 0.05) is 17.6 Å². The summed E-state index contributed by atoms with van der Waals surface area (Å²) in [7, 11) is -2.45. The smallest absolute Gasteiger partial charge is 0.261 e. The van der Waals surface area contributed by atoms with Crippen molar-refractivity contribution in [2.75, 3.05) is 24.9 Å². The lowest BCUT2D eigenvalue weighted by atomic mass is 9.98. The van der Waals surface area contributed by atoms with E-state index in [0.717, 1.165) is 12.8 Å². The minimum absolute atomic E-state index is 0.0222. The number of methoxy groups -OCH3 is 1. The molecule has 0 atom stereocenters. The van der Waals surface area contributed by atoms with E-state index in [9.17, 15) is 13.2 Å². The van der Waals surface area contributed by atoms with Gasteiger partial charge in [0.15, 0.2) is 0 Å². The predicted molar refractivity (Wildman–Crippen MR) is 117 cm³/mol. The standard InChI is InChI=1S/C20H22BrClN2O4S/c1-13-7-9-24(10-8-13)20(25)16-12-15(4-6-19(16)28-2)29(26,27)23-14-3-5-17(21)18(22)11-14/h3-6,11-13,23H,7-10H2,1-2H3. The van der Waals surface area contributed by atoms with Gasteiger partial charge in [-0.1, -0.05) is 18.5 Å². The number of anilines is 1. The van der Waals surface area contributed by atoms with Crippen LogP contribution in [0.2, 0.25) is 5.02 Å². The molecule has 1 fully saturated rings. The second-order valence-electron chi connectivity index (χ2n) is 7.07. The van der Waals surface area contributed by atoms with Gasteiger partial charge < -0.3 is 9.64 Å². The first-order valence-electron chi connectivity index (χ1n) is 9.16. The number of nitrogens with zero attached hydrogens (tertiary/aromatic N) is 1. The fourth-order valence-electron chi connectivity index (χ4n) is 3.18. The molecule has 1 heterocycles. The zero-order valence-corrected chi connectivity index (χ0v) is 19.3. The van der Waals surface area contributed by atoms with Crippen molar-refractivity contribution in [2.24, 2.45) is 5.92 Å². The summed E-state index contributed by atoms with van der Waals surface area (Å²) in [6.07, 6.45) is 1.86. The Kier molecular flexibility index (Phi) is 6.76. The van der Waals surface area contributed by atoms with Crippen molar-refractivity contribution in [3.63, 3.8) is 0 Å². The quantitative estimate of drug-likeness (QED) is 0.639. The average Bonchev–Trinajstić information content (AvgIpc) is 2.70. The van der Waals surface area contributed by atoms with Crippen molar-refractivity contribution in [3.05, 3.63) is 51.5 Å². The molecule has 9 heteroatoms. The molecule has 0 spiro atoms. The molecule has 0 bridgehead atoms. The first kappa shape index (κ1) is 21.9. The number of carbonyl (C=O) groups is 1. The van der Waals surface area contributed by atoms with Crippen LogP contribution in [0.3, 0.4) is 0 Å². The van der Waals surface area contributed by atoms with Gasteiger partial charge in [0.1, 0.15) is 5.75 Å². The molecule has 1 aliphatic rings. The molecule has 1 N–H and O–H groups in total. The Morgan fingerprint density at radius 2 is 1.90 bits per heavy atom. The van der Waals surface area contributed by atoms with Gasteiger partial charge in [0.25, 0.3) is 15.9 Å². The highest BCUT2D eigenvalue weighted by molar-refractivity contribution is 9.10. The van der Waals surface area contributed by atoms with Crippen LogP contribution in [0, 0.1) is 5.92 Å². The Balaban J connectivity index is 1.90. The molecule has 1 saturated heterocycles. The number of ether oxygens (including phenoxy) is 1. The Labute approximate surface area is 184 Å². The highest BCUT2D eigenvalue weighted by Gasteiger charge is 2.26. The fourth-order valence-corrected chi connectivity index (χ4v) is 4.68. The number of benzene rings is 2. The number of sulfonamides is 1. The Morgan fingerprint density at radius 1 is 1.21 bits per heavy atom. The molecule has 3 rings (SSSR count). The van der Waals surface area contributed by atoms with Crippen LogP contribution in [0.15, 0.2) is 45.8 Å². The zero-order chi connectivity index (χ0) is 21.2. The van der Waals surface area contributed by atoms with Crippen LogP contribution in [0.4, 0.5) is 5.69 Å². The number of likely N-dealkylation sites (tertiary alicyclic amines) is 1. The summed E-state index contributed by atoms with van der Waals surface area (Å²) in [5.74, 6) is 0.700. The van der Waals surface area contributed by atoms with E-state index in [2.05, 4.69) is 27.6 Å². The van der Waals surface area contributed by atoms with Crippen LogP contribution >= 0.6 is 27.5 Å². The summed E-state index contributed by atoms with van der Waals surface area (Å²) in [5, 5.41) is 0.384. The van der Waals surface area contributed by atoms with Gasteiger partial charge in [-0.05, 0) is 71.1 Å². The first-order valence-corrected chi connectivity index (χ1v) is 11.8. The molecular formula is C20H22BrClN2O4S. The highest BCUT2D eigenvalue weighted by Crippen LogP contribution is 2.29. The topological polar surface area (TPSA) is 75.7 Å². The minimum atomic E-state index is -3.91. The minimum Gasteiger partial charge on any atom is -0.496 e. The maximum absolute atomic E-state index is 13.0. The molecule has 29 heavy (non-hydrogen) atoms. The SMILES string of the molecule is COc1ccc(S(=O)(=O)Nc2ccc(Br)c(Cl)c2)cc1C(=O)N1CCC(C)CC1. The molecule has 2 aromatic rings. The molecule has 156 valence electrons. The molecule has 6 nitrogen and oxygen atoms in total. The number of amides is 1. The Hall–Kier alpha value is -1.77. The molecule has 2 aromatic carbocycles. The van der Waals surface area contributed by atoms with Crippen molar-refractivity contribution < 1.29 is 17.9 Å². The molecule has 1 amide bonds. The highest BCUT2D eigenvalue weighted by atomic mass is 79.9. The summed E-state index contributed by atoms with van der Waals surface area (Å²) >= 11 is 9.31. The van der Waals surface area contributed by atoms with Crippen LogP contribution in [0.1, 0.15) is 30.1 Å². The van der Waals surface area contributed by atoms with E-state index >= 15 is 0 Å². The molecule has 0 aliphatic carbocycles. The van der Waals surface area contributed by atoms with Crippen molar-refractivity contribution in [2.45, 2.75) is 24.7 Å². The largest absolute Gasteiger partial charge is 0.496 e. The third kappa shape index (κ3) is 5.05. The maximum Gasteiger partial charge on any atom is 0.261 e. The van der Waals surface area contributed by atoms with E-state index < -0.39 is 10.0 Å². The van der Waals surface area contributed by atoms with Gasteiger partial charge in [-0.25, -0.2) is 8.42 Å². The van der Waals surface area contributed by atoms with E-state index in [4.69, 9.17) is 16.3 Å². The summed E-state index contributed by atoms with van der Waals surface area (Å²) < 4.78 is 34.2. The van der Waals surface area contributed by atoms with E-state index in [1.807, 2.05) is 0 Å². The molecular weight excluding hydrogens is 480 g/mol. The fraction of sp³-hybridized carbons (Fsp3) is 0.350. The van der Waals surface area contributed by atoms with Gasteiger partial charge in [-0.3, -0.25) is 9.52 Å². The normalized spacial score (nSPS) is 15.2. The number of hydrogen-bond acceptors (Lipinski definition) is 4. The van der Waals surface area contributed by atoms with Crippen molar-refractivity contribution >= 4 is 49.1 Å². The predicted octanol–water partition coefficient (Wildman–Crippen LogP) is 4.78. The number of piperidine rings is 1. The van der Waals surface area contributed by atoms with E-state index in [1.54, 1.807) is 17.0 Å². The van der Waals surface area contributed by atoms with Gasteiger partial charge in [-0.2, -0.15) is 0 Å².